The molecule has 19 heavy (non-hydrogen) atoms. The van der Waals surface area contributed by atoms with Gasteiger partial charge in [0.25, 0.3) is 0 Å². The van der Waals surface area contributed by atoms with Crippen LogP contribution >= 0.6 is 27.7 Å². The van der Waals surface area contributed by atoms with Crippen molar-refractivity contribution in [3.05, 3.63) is 28.2 Å². The summed E-state index contributed by atoms with van der Waals surface area (Å²) in [6.45, 7) is 0. The molecule has 2 N–H and O–H groups in total. The van der Waals surface area contributed by atoms with Gasteiger partial charge >= 0.3 is 0 Å². The van der Waals surface area contributed by atoms with Crippen LogP contribution in [0.25, 0.3) is 0 Å². The van der Waals surface area contributed by atoms with Gasteiger partial charge in [0.2, 0.25) is 0 Å². The van der Waals surface area contributed by atoms with Gasteiger partial charge in [0, 0.05) is 21.5 Å². The number of benzene rings is 1. The second-order valence-electron chi connectivity index (χ2n) is 5.16. The topological polar surface area (TPSA) is 35.2 Å². The van der Waals surface area contributed by atoms with Crippen LogP contribution in [-0.4, -0.2) is 24.2 Å². The molecule has 1 aromatic carbocycles. The Labute approximate surface area is 128 Å². The Morgan fingerprint density at radius 2 is 2.16 bits per heavy atom. The molecule has 1 aromatic rings. The molecule has 0 saturated heterocycles. The van der Waals surface area contributed by atoms with Gasteiger partial charge in [0.15, 0.2) is 0 Å². The van der Waals surface area contributed by atoms with E-state index in [1.165, 1.54) is 31.2 Å². The van der Waals surface area contributed by atoms with Crippen LogP contribution in [0.15, 0.2) is 22.7 Å². The van der Waals surface area contributed by atoms with Crippen LogP contribution in [0.2, 0.25) is 0 Å². The van der Waals surface area contributed by atoms with E-state index in [2.05, 4.69) is 33.8 Å². The summed E-state index contributed by atoms with van der Waals surface area (Å²) in [6, 6.07) is 6.31. The second kappa shape index (κ2) is 7.55. The first-order valence-electron chi connectivity index (χ1n) is 6.88. The van der Waals surface area contributed by atoms with Gasteiger partial charge in [-0.1, -0.05) is 28.8 Å². The Balaban J connectivity index is 1.86. The van der Waals surface area contributed by atoms with E-state index in [9.17, 15) is 0 Å². The zero-order valence-corrected chi connectivity index (χ0v) is 13.8. The molecule has 1 atom stereocenters. The lowest BCUT2D eigenvalue weighted by Crippen LogP contribution is -2.26. The Bertz CT molecular complexity index is 407. The maximum atomic E-state index is 6.27. The third kappa shape index (κ3) is 4.69. The molecule has 1 fully saturated rings. The molecule has 1 saturated carbocycles. The zero-order valence-electron chi connectivity index (χ0n) is 11.4. The number of ether oxygens (including phenoxy) is 1. The third-order valence-electron chi connectivity index (χ3n) is 3.57. The molecule has 1 unspecified atom stereocenters. The number of hydrogen-bond acceptors (Lipinski definition) is 3. The molecular formula is C15H22BrNOS. The minimum absolute atomic E-state index is 0.203. The number of hydrogen-bond donors (Lipinski definition) is 1. The van der Waals surface area contributed by atoms with Gasteiger partial charge in [0.05, 0.1) is 7.11 Å². The number of rotatable bonds is 6. The van der Waals surface area contributed by atoms with Crippen molar-refractivity contribution < 1.29 is 4.74 Å². The quantitative estimate of drug-likeness (QED) is 0.847. The van der Waals surface area contributed by atoms with Crippen LogP contribution in [0.3, 0.4) is 0 Å². The standard InChI is InChI=1S/C15H22BrNOS/c1-18-15-7-6-12(16)8-11(15)9-13(17)10-19-14-4-2-3-5-14/h6-8,13-14H,2-5,9-10,17H2,1H3. The molecule has 2 rings (SSSR count). The lowest BCUT2D eigenvalue weighted by Gasteiger charge is -2.16. The van der Waals surface area contributed by atoms with Crippen LogP contribution in [0.1, 0.15) is 31.2 Å². The van der Waals surface area contributed by atoms with Gasteiger partial charge in [-0.05, 0) is 43.0 Å². The first kappa shape index (κ1) is 15.2. The minimum atomic E-state index is 0.203. The largest absolute Gasteiger partial charge is 0.496 e. The second-order valence-corrected chi connectivity index (χ2v) is 7.41. The van der Waals surface area contributed by atoms with Crippen molar-refractivity contribution in [3.63, 3.8) is 0 Å². The van der Waals surface area contributed by atoms with Gasteiger partial charge in [0.1, 0.15) is 5.75 Å². The molecule has 1 aliphatic carbocycles. The van der Waals surface area contributed by atoms with Gasteiger partial charge in [-0.25, -0.2) is 0 Å². The van der Waals surface area contributed by atoms with Crippen LogP contribution in [0.4, 0.5) is 0 Å². The SMILES string of the molecule is COc1ccc(Br)cc1CC(N)CSC1CCCC1. The van der Waals surface area contributed by atoms with Crippen LogP contribution < -0.4 is 10.5 Å². The maximum Gasteiger partial charge on any atom is 0.122 e. The van der Waals surface area contributed by atoms with Crippen molar-refractivity contribution in [2.75, 3.05) is 12.9 Å². The van der Waals surface area contributed by atoms with Gasteiger partial charge < -0.3 is 10.5 Å². The lowest BCUT2D eigenvalue weighted by atomic mass is 10.1. The fraction of sp³-hybridized carbons (Fsp3) is 0.600. The summed E-state index contributed by atoms with van der Waals surface area (Å²) in [6.07, 6.45) is 6.41. The number of halogens is 1. The Morgan fingerprint density at radius 1 is 1.42 bits per heavy atom. The normalized spacial score (nSPS) is 17.6. The van der Waals surface area contributed by atoms with Gasteiger partial charge in [-0.15, -0.1) is 0 Å². The van der Waals surface area contributed by atoms with Crippen molar-refractivity contribution in [2.24, 2.45) is 5.73 Å². The van der Waals surface area contributed by atoms with E-state index in [0.717, 1.165) is 27.6 Å². The number of nitrogens with two attached hydrogens (primary N) is 1. The number of thioether (sulfide) groups is 1. The first-order valence-corrected chi connectivity index (χ1v) is 8.73. The minimum Gasteiger partial charge on any atom is -0.496 e. The molecule has 0 aromatic heterocycles. The molecule has 0 heterocycles. The Kier molecular flexibility index (Phi) is 6.05. The molecular weight excluding hydrogens is 322 g/mol. The van der Waals surface area contributed by atoms with Crippen LogP contribution in [0.5, 0.6) is 5.75 Å². The molecule has 4 heteroatoms. The smallest absolute Gasteiger partial charge is 0.122 e. The summed E-state index contributed by atoms with van der Waals surface area (Å²) in [5, 5.41) is 0.843. The molecule has 0 radical (unpaired) electrons. The summed E-state index contributed by atoms with van der Waals surface area (Å²) < 4.78 is 6.48. The molecule has 106 valence electrons. The van der Waals surface area contributed by atoms with Crippen LogP contribution in [-0.2, 0) is 6.42 Å². The van der Waals surface area contributed by atoms with Crippen molar-refractivity contribution in [2.45, 2.75) is 43.4 Å². The third-order valence-corrected chi connectivity index (χ3v) is 5.63. The van der Waals surface area contributed by atoms with E-state index in [-0.39, 0.29) is 6.04 Å². The molecule has 2 nitrogen and oxygen atoms in total. The van der Waals surface area contributed by atoms with E-state index in [4.69, 9.17) is 10.5 Å². The van der Waals surface area contributed by atoms with Crippen LogP contribution in [0, 0.1) is 0 Å². The summed E-state index contributed by atoms with van der Waals surface area (Å²) in [5.74, 6) is 1.98. The highest BCUT2D eigenvalue weighted by Gasteiger charge is 2.17. The van der Waals surface area contributed by atoms with E-state index in [0.29, 0.717) is 0 Å². The van der Waals surface area contributed by atoms with E-state index < -0.39 is 0 Å². The van der Waals surface area contributed by atoms with Gasteiger partial charge in [-0.3, -0.25) is 0 Å². The zero-order chi connectivity index (χ0) is 13.7. The summed E-state index contributed by atoms with van der Waals surface area (Å²) >= 11 is 5.56. The lowest BCUT2D eigenvalue weighted by molar-refractivity contribution is 0.408. The maximum absolute atomic E-state index is 6.27. The Morgan fingerprint density at radius 3 is 2.84 bits per heavy atom. The molecule has 0 bridgehead atoms. The van der Waals surface area contributed by atoms with E-state index in [1.807, 2.05) is 12.1 Å². The summed E-state index contributed by atoms with van der Waals surface area (Å²) in [7, 11) is 1.71. The highest BCUT2D eigenvalue weighted by atomic mass is 79.9. The molecule has 0 aliphatic heterocycles. The fourth-order valence-electron chi connectivity index (χ4n) is 2.56. The average molecular weight is 344 g/mol. The molecule has 0 amide bonds. The average Bonchev–Trinajstić information content (AvgIpc) is 2.90. The van der Waals surface area contributed by atoms with Gasteiger partial charge in [-0.2, -0.15) is 11.8 Å². The Hall–Kier alpha value is -0.190. The van der Waals surface area contributed by atoms with Crippen molar-refractivity contribution >= 4 is 27.7 Å². The monoisotopic (exact) mass is 343 g/mol. The fourth-order valence-corrected chi connectivity index (χ4v) is 4.28. The summed E-state index contributed by atoms with van der Waals surface area (Å²) in [5.41, 5.74) is 7.46. The number of methoxy groups -OCH3 is 1. The van der Waals surface area contributed by atoms with E-state index in [1.54, 1.807) is 7.11 Å². The highest BCUT2D eigenvalue weighted by Crippen LogP contribution is 2.30. The predicted molar refractivity (Wildman–Crippen MR) is 87.1 cm³/mol. The summed E-state index contributed by atoms with van der Waals surface area (Å²) in [4.78, 5) is 0. The van der Waals surface area contributed by atoms with Crippen molar-refractivity contribution in [1.29, 1.82) is 0 Å². The van der Waals surface area contributed by atoms with Crippen molar-refractivity contribution in [1.82, 2.24) is 0 Å². The highest BCUT2D eigenvalue weighted by molar-refractivity contribution is 9.10. The molecule has 1 aliphatic rings. The molecule has 0 spiro atoms. The first-order chi connectivity index (χ1) is 9.19. The van der Waals surface area contributed by atoms with E-state index >= 15 is 0 Å². The predicted octanol–water partition coefficient (Wildman–Crippen LogP) is 4.00. The van der Waals surface area contributed by atoms with Crippen molar-refractivity contribution in [3.8, 4) is 5.75 Å².